The van der Waals surface area contributed by atoms with Crippen LogP contribution in [0.15, 0.2) is 72.8 Å². The van der Waals surface area contributed by atoms with E-state index in [0.29, 0.717) is 12.0 Å². The van der Waals surface area contributed by atoms with Gasteiger partial charge in [-0.1, -0.05) is 54.1 Å². The van der Waals surface area contributed by atoms with Crippen molar-refractivity contribution < 1.29 is 0 Å². The maximum atomic E-state index is 6.15. The molecule has 0 amide bonds. The van der Waals surface area contributed by atoms with Crippen LogP contribution in [0.1, 0.15) is 31.2 Å². The highest BCUT2D eigenvalue weighted by atomic mass is 35.5. The minimum Gasteiger partial charge on any atom is -0.362 e. The predicted octanol–water partition coefficient (Wildman–Crippen LogP) is 7.26. The van der Waals surface area contributed by atoms with Gasteiger partial charge in [-0.25, -0.2) is 4.98 Å². The zero-order chi connectivity index (χ0) is 26.8. The van der Waals surface area contributed by atoms with Crippen LogP contribution in [0.25, 0.3) is 33.1 Å². The van der Waals surface area contributed by atoms with Crippen molar-refractivity contribution in [2.75, 3.05) is 30.9 Å². The minimum absolute atomic E-state index is 0.405. The Morgan fingerprint density at radius 3 is 2.36 bits per heavy atom. The molecule has 0 aliphatic heterocycles. The van der Waals surface area contributed by atoms with Crippen molar-refractivity contribution in [2.45, 2.75) is 38.3 Å². The molecule has 0 radical (unpaired) electrons. The van der Waals surface area contributed by atoms with Crippen molar-refractivity contribution in [3.8, 4) is 11.3 Å². The predicted molar refractivity (Wildman–Crippen MR) is 164 cm³/mol. The number of para-hydroxylation sites is 2. The topological polar surface area (TPSA) is 68.9 Å². The molecule has 1 saturated carbocycles. The molecule has 0 saturated heterocycles. The molecule has 0 unspecified atom stereocenters. The summed E-state index contributed by atoms with van der Waals surface area (Å²) in [5.41, 5.74) is 5.78. The molecule has 200 valence electrons. The van der Waals surface area contributed by atoms with E-state index in [1.165, 1.54) is 35.0 Å². The van der Waals surface area contributed by atoms with Gasteiger partial charge in [-0.05, 0) is 79.6 Å². The van der Waals surface area contributed by atoms with Gasteiger partial charge in [-0.2, -0.15) is 4.98 Å². The van der Waals surface area contributed by atoms with Crippen LogP contribution in [-0.4, -0.2) is 41.6 Å². The van der Waals surface area contributed by atoms with E-state index < -0.39 is 0 Å². The lowest BCUT2D eigenvalue weighted by atomic mass is 9.86. The van der Waals surface area contributed by atoms with Gasteiger partial charge in [0, 0.05) is 48.0 Å². The molecule has 6 nitrogen and oxygen atoms in total. The fraction of sp³-hybridized carbons (Fsp3) is 0.312. The zero-order valence-corrected chi connectivity index (χ0v) is 23.3. The van der Waals surface area contributed by atoms with Crippen LogP contribution in [0.4, 0.5) is 11.8 Å². The summed E-state index contributed by atoms with van der Waals surface area (Å²) >= 11 is 6.15. The standard InChI is InChI=1S/C32H35ClN6/c1-39(2)31-26-8-4-6-10-29(26)37-32(38-31)35-24-17-11-21(12-18-24)19-34-20-27-25-7-3-5-9-28(25)36-30(27)22-13-15-23(33)16-14-22/h3-10,13-16,21,24,34,36H,11-12,17-20H2,1-2H3,(H,35,37,38). The molecule has 1 aliphatic rings. The molecule has 1 fully saturated rings. The minimum atomic E-state index is 0.405. The number of halogens is 1. The lowest BCUT2D eigenvalue weighted by Gasteiger charge is -2.29. The number of nitrogens with zero attached hydrogens (tertiary/aromatic N) is 3. The van der Waals surface area contributed by atoms with E-state index in [1.807, 2.05) is 38.4 Å². The third-order valence-corrected chi connectivity index (χ3v) is 8.12. The molecule has 0 atom stereocenters. The van der Waals surface area contributed by atoms with E-state index in [-0.39, 0.29) is 0 Å². The average Bonchev–Trinajstić information content (AvgIpc) is 3.32. The van der Waals surface area contributed by atoms with Gasteiger partial charge in [0.25, 0.3) is 0 Å². The first-order chi connectivity index (χ1) is 19.0. The van der Waals surface area contributed by atoms with Gasteiger partial charge in [0.15, 0.2) is 0 Å². The third kappa shape index (κ3) is 5.58. The van der Waals surface area contributed by atoms with Crippen molar-refractivity contribution in [3.05, 3.63) is 83.4 Å². The molecule has 0 bridgehead atoms. The molecule has 39 heavy (non-hydrogen) atoms. The van der Waals surface area contributed by atoms with E-state index in [1.54, 1.807) is 0 Å². The molecule has 3 N–H and O–H groups in total. The fourth-order valence-corrected chi connectivity index (χ4v) is 5.93. The summed E-state index contributed by atoms with van der Waals surface area (Å²) in [5, 5.41) is 10.5. The van der Waals surface area contributed by atoms with Crippen molar-refractivity contribution in [1.82, 2.24) is 20.3 Å². The summed E-state index contributed by atoms with van der Waals surface area (Å²) in [6.45, 7) is 1.85. The highest BCUT2D eigenvalue weighted by molar-refractivity contribution is 6.30. The van der Waals surface area contributed by atoms with E-state index in [9.17, 15) is 0 Å². The number of benzene rings is 3. The number of nitrogens with one attached hydrogen (secondary N) is 3. The molecule has 2 heterocycles. The van der Waals surface area contributed by atoms with Crippen LogP contribution in [0.5, 0.6) is 0 Å². The van der Waals surface area contributed by atoms with Crippen molar-refractivity contribution in [1.29, 1.82) is 0 Å². The maximum Gasteiger partial charge on any atom is 0.225 e. The number of hydrogen-bond donors (Lipinski definition) is 3. The monoisotopic (exact) mass is 538 g/mol. The second kappa shape index (κ2) is 11.2. The Morgan fingerprint density at radius 2 is 1.59 bits per heavy atom. The number of hydrogen-bond acceptors (Lipinski definition) is 5. The number of aromatic nitrogens is 3. The highest BCUT2D eigenvalue weighted by Gasteiger charge is 2.22. The summed E-state index contributed by atoms with van der Waals surface area (Å²) in [4.78, 5) is 15.3. The van der Waals surface area contributed by atoms with Gasteiger partial charge >= 0.3 is 0 Å². The van der Waals surface area contributed by atoms with E-state index in [2.05, 4.69) is 69.0 Å². The molecule has 0 spiro atoms. The van der Waals surface area contributed by atoms with Crippen LogP contribution in [0.2, 0.25) is 5.02 Å². The second-order valence-electron chi connectivity index (χ2n) is 10.8. The fourth-order valence-electron chi connectivity index (χ4n) is 5.81. The molecule has 6 rings (SSSR count). The first kappa shape index (κ1) is 25.7. The van der Waals surface area contributed by atoms with Crippen LogP contribution in [-0.2, 0) is 6.54 Å². The molecule has 3 aromatic carbocycles. The van der Waals surface area contributed by atoms with Gasteiger partial charge in [-0.15, -0.1) is 0 Å². The van der Waals surface area contributed by atoms with Crippen LogP contribution in [0.3, 0.4) is 0 Å². The number of rotatable bonds is 8. The largest absolute Gasteiger partial charge is 0.362 e. The average molecular weight is 539 g/mol. The Morgan fingerprint density at radius 1 is 0.872 bits per heavy atom. The van der Waals surface area contributed by atoms with Crippen molar-refractivity contribution in [2.24, 2.45) is 5.92 Å². The summed E-state index contributed by atoms with van der Waals surface area (Å²) in [6, 6.07) is 25.3. The van der Waals surface area contributed by atoms with Gasteiger partial charge in [0.1, 0.15) is 5.82 Å². The van der Waals surface area contributed by atoms with Crippen LogP contribution < -0.4 is 15.5 Å². The Kier molecular flexibility index (Phi) is 7.40. The normalized spacial score (nSPS) is 17.5. The van der Waals surface area contributed by atoms with Crippen LogP contribution in [0, 0.1) is 5.92 Å². The van der Waals surface area contributed by atoms with Gasteiger partial charge < -0.3 is 20.5 Å². The van der Waals surface area contributed by atoms with E-state index in [0.717, 1.165) is 59.2 Å². The number of aromatic amines is 1. The summed E-state index contributed by atoms with van der Waals surface area (Å²) in [7, 11) is 4.07. The first-order valence-electron chi connectivity index (χ1n) is 13.8. The molecular weight excluding hydrogens is 504 g/mol. The van der Waals surface area contributed by atoms with Gasteiger partial charge in [0.2, 0.25) is 5.95 Å². The molecule has 2 aromatic heterocycles. The highest BCUT2D eigenvalue weighted by Crippen LogP contribution is 2.32. The zero-order valence-electron chi connectivity index (χ0n) is 22.5. The van der Waals surface area contributed by atoms with Crippen molar-refractivity contribution >= 4 is 45.2 Å². The molecule has 1 aliphatic carbocycles. The smallest absolute Gasteiger partial charge is 0.225 e. The summed E-state index contributed by atoms with van der Waals surface area (Å²) < 4.78 is 0. The van der Waals surface area contributed by atoms with E-state index in [4.69, 9.17) is 21.6 Å². The quantitative estimate of drug-likeness (QED) is 0.194. The third-order valence-electron chi connectivity index (χ3n) is 7.87. The maximum absolute atomic E-state index is 6.15. The Labute approximate surface area is 234 Å². The summed E-state index contributed by atoms with van der Waals surface area (Å²) in [6.07, 6.45) is 4.64. The lowest BCUT2D eigenvalue weighted by molar-refractivity contribution is 0.324. The molecular formula is C32H35ClN6. The number of anilines is 2. The first-order valence-corrected chi connectivity index (χ1v) is 14.2. The lowest BCUT2D eigenvalue weighted by Crippen LogP contribution is -2.31. The molecule has 5 aromatic rings. The number of fused-ring (bicyclic) bond motifs is 2. The summed E-state index contributed by atoms with van der Waals surface area (Å²) in [5.74, 6) is 2.35. The number of H-pyrrole nitrogens is 1. The van der Waals surface area contributed by atoms with Crippen LogP contribution >= 0.6 is 11.6 Å². The molecule has 7 heteroatoms. The Bertz CT molecular complexity index is 1570. The van der Waals surface area contributed by atoms with Gasteiger partial charge in [0.05, 0.1) is 11.2 Å². The van der Waals surface area contributed by atoms with E-state index >= 15 is 0 Å². The SMILES string of the molecule is CN(C)c1nc(NC2CCC(CNCc3c(-c4ccc(Cl)cc4)[nH]c4ccccc34)CC2)nc2ccccc12. The second-order valence-corrected chi connectivity index (χ2v) is 11.2. The Balaban J connectivity index is 1.07. The van der Waals surface area contributed by atoms with Crippen molar-refractivity contribution in [3.63, 3.8) is 0 Å². The van der Waals surface area contributed by atoms with Gasteiger partial charge in [-0.3, -0.25) is 0 Å². The Hall–Kier alpha value is -3.61.